The molecule has 0 amide bonds. The molecule has 0 unspecified atom stereocenters. The molecule has 106 valence electrons. The van der Waals surface area contributed by atoms with Crippen LogP contribution in [0.4, 0.5) is 17.8 Å². The minimum Gasteiger partial charge on any atom is -0.357 e. The van der Waals surface area contributed by atoms with Crippen LogP contribution in [0.1, 0.15) is 5.69 Å². The lowest BCUT2D eigenvalue weighted by molar-refractivity contribution is 0.914. The summed E-state index contributed by atoms with van der Waals surface area (Å²) in [6.07, 6.45) is 2.61. The minimum atomic E-state index is 0.545. The van der Waals surface area contributed by atoms with Gasteiger partial charge in [0.15, 0.2) is 0 Å². The average molecular weight is 273 g/mol. The normalized spacial score (nSPS) is 10.2. The SMILES string of the molecule is CNc1nc(NCCc2ccccn2)nc(N(C)C)n1. The van der Waals surface area contributed by atoms with E-state index in [0.717, 1.165) is 18.7 Å². The molecule has 7 heteroatoms. The van der Waals surface area contributed by atoms with Crippen molar-refractivity contribution in [1.82, 2.24) is 19.9 Å². The summed E-state index contributed by atoms with van der Waals surface area (Å²) in [6.45, 7) is 0.719. The maximum atomic E-state index is 4.34. The molecular formula is C13H19N7. The molecule has 0 fully saturated rings. The molecule has 0 aliphatic rings. The van der Waals surface area contributed by atoms with Crippen LogP contribution in [0.25, 0.3) is 0 Å². The van der Waals surface area contributed by atoms with Crippen molar-refractivity contribution in [3.05, 3.63) is 30.1 Å². The molecule has 0 atom stereocenters. The van der Waals surface area contributed by atoms with E-state index < -0.39 is 0 Å². The Labute approximate surface area is 118 Å². The average Bonchev–Trinajstić information content (AvgIpc) is 2.48. The van der Waals surface area contributed by atoms with E-state index in [0.29, 0.717) is 17.8 Å². The van der Waals surface area contributed by atoms with Crippen LogP contribution in [0.3, 0.4) is 0 Å². The van der Waals surface area contributed by atoms with Crippen LogP contribution in [0.2, 0.25) is 0 Å². The second kappa shape index (κ2) is 6.65. The fourth-order valence-electron chi connectivity index (χ4n) is 1.60. The van der Waals surface area contributed by atoms with Crippen molar-refractivity contribution >= 4 is 17.8 Å². The zero-order chi connectivity index (χ0) is 14.4. The number of anilines is 3. The van der Waals surface area contributed by atoms with Gasteiger partial charge in [0.1, 0.15) is 0 Å². The summed E-state index contributed by atoms with van der Waals surface area (Å²) in [5, 5.41) is 6.12. The van der Waals surface area contributed by atoms with Crippen LogP contribution in [-0.2, 0) is 6.42 Å². The fourth-order valence-corrected chi connectivity index (χ4v) is 1.60. The van der Waals surface area contributed by atoms with Gasteiger partial charge in [-0.2, -0.15) is 15.0 Å². The molecule has 0 saturated heterocycles. The molecule has 0 aliphatic carbocycles. The summed E-state index contributed by atoms with van der Waals surface area (Å²) in [4.78, 5) is 19.0. The Morgan fingerprint density at radius 2 is 1.90 bits per heavy atom. The Bertz CT molecular complexity index is 542. The Balaban J connectivity index is 2.00. The van der Waals surface area contributed by atoms with Crippen molar-refractivity contribution < 1.29 is 0 Å². The zero-order valence-electron chi connectivity index (χ0n) is 12.0. The molecule has 7 nitrogen and oxygen atoms in total. The molecule has 0 aromatic carbocycles. The van der Waals surface area contributed by atoms with Gasteiger partial charge in [-0.1, -0.05) is 6.07 Å². The standard InChI is InChI=1S/C13H19N7/c1-14-11-17-12(19-13(18-11)20(2)3)16-9-7-10-6-4-5-8-15-10/h4-6,8H,7,9H2,1-3H3,(H2,14,16,17,18,19). The van der Waals surface area contributed by atoms with E-state index in [-0.39, 0.29) is 0 Å². The second-order valence-electron chi connectivity index (χ2n) is 4.42. The lowest BCUT2D eigenvalue weighted by atomic mass is 10.3. The van der Waals surface area contributed by atoms with Crippen LogP contribution in [0, 0.1) is 0 Å². The minimum absolute atomic E-state index is 0.545. The van der Waals surface area contributed by atoms with E-state index in [4.69, 9.17) is 0 Å². The maximum absolute atomic E-state index is 4.34. The van der Waals surface area contributed by atoms with Gasteiger partial charge in [0.2, 0.25) is 17.8 Å². The van der Waals surface area contributed by atoms with Crippen molar-refractivity contribution in [3.8, 4) is 0 Å². The molecule has 0 bridgehead atoms. The highest BCUT2D eigenvalue weighted by atomic mass is 15.3. The lowest BCUT2D eigenvalue weighted by Crippen LogP contribution is -2.17. The summed E-state index contributed by atoms with van der Waals surface area (Å²) in [6, 6.07) is 5.89. The molecule has 0 radical (unpaired) electrons. The summed E-state index contributed by atoms with van der Waals surface area (Å²) < 4.78 is 0. The highest BCUT2D eigenvalue weighted by Gasteiger charge is 2.06. The largest absolute Gasteiger partial charge is 0.357 e. The van der Waals surface area contributed by atoms with Gasteiger partial charge in [-0.25, -0.2) is 0 Å². The summed E-state index contributed by atoms with van der Waals surface area (Å²) in [7, 11) is 5.57. The van der Waals surface area contributed by atoms with Crippen molar-refractivity contribution in [1.29, 1.82) is 0 Å². The monoisotopic (exact) mass is 273 g/mol. The van der Waals surface area contributed by atoms with E-state index in [1.807, 2.05) is 37.2 Å². The summed E-state index contributed by atoms with van der Waals surface area (Å²) in [5.74, 6) is 1.72. The van der Waals surface area contributed by atoms with Gasteiger partial charge in [0.05, 0.1) is 0 Å². The predicted octanol–water partition coefficient (Wildman–Crippen LogP) is 1.03. The molecule has 2 rings (SSSR count). The molecule has 2 aromatic heterocycles. The third-order valence-electron chi connectivity index (χ3n) is 2.64. The Morgan fingerprint density at radius 1 is 1.10 bits per heavy atom. The number of rotatable bonds is 6. The Morgan fingerprint density at radius 3 is 2.55 bits per heavy atom. The number of pyridine rings is 1. The van der Waals surface area contributed by atoms with Crippen LogP contribution in [-0.4, -0.2) is 47.6 Å². The fraction of sp³-hybridized carbons (Fsp3) is 0.385. The topological polar surface area (TPSA) is 78.9 Å². The first-order valence-corrected chi connectivity index (χ1v) is 6.44. The third-order valence-corrected chi connectivity index (χ3v) is 2.64. The summed E-state index contributed by atoms with van der Waals surface area (Å²) in [5.41, 5.74) is 1.04. The van der Waals surface area contributed by atoms with Crippen LogP contribution in [0.15, 0.2) is 24.4 Å². The number of hydrogen-bond donors (Lipinski definition) is 2. The molecule has 0 aliphatic heterocycles. The van der Waals surface area contributed by atoms with Gasteiger partial charge >= 0.3 is 0 Å². The van der Waals surface area contributed by atoms with Gasteiger partial charge in [-0.05, 0) is 12.1 Å². The van der Waals surface area contributed by atoms with Crippen molar-refractivity contribution in [2.45, 2.75) is 6.42 Å². The molecule has 20 heavy (non-hydrogen) atoms. The van der Waals surface area contributed by atoms with E-state index in [1.165, 1.54) is 0 Å². The molecule has 2 N–H and O–H groups in total. The first-order valence-electron chi connectivity index (χ1n) is 6.44. The number of hydrogen-bond acceptors (Lipinski definition) is 7. The van der Waals surface area contributed by atoms with E-state index in [9.17, 15) is 0 Å². The molecule has 0 spiro atoms. The van der Waals surface area contributed by atoms with Crippen LogP contribution in [0.5, 0.6) is 0 Å². The van der Waals surface area contributed by atoms with Gasteiger partial charge in [0.25, 0.3) is 0 Å². The number of nitrogens with one attached hydrogen (secondary N) is 2. The van der Waals surface area contributed by atoms with Crippen LogP contribution >= 0.6 is 0 Å². The highest BCUT2D eigenvalue weighted by molar-refractivity contribution is 5.42. The smallest absolute Gasteiger partial charge is 0.231 e. The van der Waals surface area contributed by atoms with Crippen molar-refractivity contribution in [2.75, 3.05) is 43.2 Å². The van der Waals surface area contributed by atoms with Crippen molar-refractivity contribution in [3.63, 3.8) is 0 Å². The molecule has 2 aromatic rings. The number of nitrogens with zero attached hydrogens (tertiary/aromatic N) is 5. The molecular weight excluding hydrogens is 254 g/mol. The maximum Gasteiger partial charge on any atom is 0.231 e. The van der Waals surface area contributed by atoms with Crippen LogP contribution < -0.4 is 15.5 Å². The van der Waals surface area contributed by atoms with Gasteiger partial charge in [-0.3, -0.25) is 4.98 Å². The molecule has 2 heterocycles. The zero-order valence-corrected chi connectivity index (χ0v) is 12.0. The quantitative estimate of drug-likeness (QED) is 0.813. The highest BCUT2D eigenvalue weighted by Crippen LogP contribution is 2.10. The van der Waals surface area contributed by atoms with Gasteiger partial charge in [0, 0.05) is 46.0 Å². The second-order valence-corrected chi connectivity index (χ2v) is 4.42. The van der Waals surface area contributed by atoms with Gasteiger partial charge in [-0.15, -0.1) is 0 Å². The lowest BCUT2D eigenvalue weighted by Gasteiger charge is -2.13. The van der Waals surface area contributed by atoms with Gasteiger partial charge < -0.3 is 15.5 Å². The van der Waals surface area contributed by atoms with E-state index in [1.54, 1.807) is 13.2 Å². The van der Waals surface area contributed by atoms with E-state index >= 15 is 0 Å². The molecule has 0 saturated carbocycles. The Hall–Kier alpha value is -2.44. The Kier molecular flexibility index (Phi) is 4.65. The first-order chi connectivity index (χ1) is 9.69. The predicted molar refractivity (Wildman–Crippen MR) is 80.1 cm³/mol. The third kappa shape index (κ3) is 3.78. The van der Waals surface area contributed by atoms with Crippen molar-refractivity contribution in [2.24, 2.45) is 0 Å². The number of aromatic nitrogens is 4. The first kappa shape index (κ1) is 14.0. The summed E-state index contributed by atoms with van der Waals surface area (Å²) >= 11 is 0. The van der Waals surface area contributed by atoms with E-state index in [2.05, 4.69) is 30.6 Å².